The summed E-state index contributed by atoms with van der Waals surface area (Å²) in [5.41, 5.74) is 0.314. The average molecular weight is 270 g/mol. The van der Waals surface area contributed by atoms with Crippen molar-refractivity contribution in [3.8, 4) is 0 Å². The topological polar surface area (TPSA) is 56.1 Å². The van der Waals surface area contributed by atoms with Gasteiger partial charge in [-0.15, -0.1) is 0 Å². The van der Waals surface area contributed by atoms with Gasteiger partial charge in [-0.05, 0) is 12.8 Å². The minimum absolute atomic E-state index is 0.188. The molecule has 1 N–H and O–H groups in total. The number of aromatic nitrogens is 2. The predicted octanol–water partition coefficient (Wildman–Crippen LogP) is 1.67. The van der Waals surface area contributed by atoms with Gasteiger partial charge < -0.3 is 10.1 Å². The van der Waals surface area contributed by atoms with Crippen LogP contribution in [0.2, 0.25) is 5.02 Å². The summed E-state index contributed by atoms with van der Waals surface area (Å²) in [6, 6.07) is 0.304. The summed E-state index contributed by atoms with van der Waals surface area (Å²) in [6.07, 6.45) is 7.71. The third kappa shape index (κ3) is 2.91. The van der Waals surface area contributed by atoms with Gasteiger partial charge in [0.25, 0.3) is 5.56 Å². The lowest BCUT2D eigenvalue weighted by molar-refractivity contribution is 0.182. The van der Waals surface area contributed by atoms with E-state index < -0.39 is 0 Å². The van der Waals surface area contributed by atoms with E-state index in [-0.39, 0.29) is 10.6 Å². The van der Waals surface area contributed by atoms with Crippen LogP contribution in [0.15, 0.2) is 23.1 Å². The molecule has 0 fully saturated rings. The first kappa shape index (κ1) is 13.1. The van der Waals surface area contributed by atoms with Gasteiger partial charge in [-0.25, -0.2) is 4.68 Å². The third-order valence-electron chi connectivity index (χ3n) is 2.86. The van der Waals surface area contributed by atoms with Gasteiger partial charge in [0.05, 0.1) is 25.0 Å². The van der Waals surface area contributed by atoms with Crippen LogP contribution >= 0.6 is 11.6 Å². The number of hydrogen-bond donors (Lipinski definition) is 1. The molecule has 6 heteroatoms. The molecule has 1 aromatic rings. The highest BCUT2D eigenvalue weighted by atomic mass is 35.5. The van der Waals surface area contributed by atoms with Gasteiger partial charge >= 0.3 is 0 Å². The van der Waals surface area contributed by atoms with Crippen molar-refractivity contribution >= 4 is 17.3 Å². The fourth-order valence-electron chi connectivity index (χ4n) is 1.86. The average Bonchev–Trinajstić information content (AvgIpc) is 2.87. The van der Waals surface area contributed by atoms with Gasteiger partial charge in [-0.3, -0.25) is 4.79 Å². The fourth-order valence-corrected chi connectivity index (χ4v) is 2.06. The minimum Gasteiger partial charge on any atom is -0.383 e. The summed E-state index contributed by atoms with van der Waals surface area (Å²) in [7, 11) is 1.58. The van der Waals surface area contributed by atoms with Crippen LogP contribution in [0.25, 0.3) is 0 Å². The molecule has 0 radical (unpaired) electrons. The Balaban J connectivity index is 2.12. The smallest absolute Gasteiger partial charge is 0.287 e. The van der Waals surface area contributed by atoms with Crippen LogP contribution in [-0.2, 0) is 11.3 Å². The van der Waals surface area contributed by atoms with E-state index in [9.17, 15) is 4.79 Å². The Kier molecular flexibility index (Phi) is 4.38. The van der Waals surface area contributed by atoms with Crippen LogP contribution in [0.5, 0.6) is 0 Å². The molecule has 1 aliphatic carbocycles. The molecular formula is C12H16ClN3O2. The first-order valence-electron chi connectivity index (χ1n) is 5.88. The van der Waals surface area contributed by atoms with Crippen LogP contribution in [-0.4, -0.2) is 29.5 Å². The summed E-state index contributed by atoms with van der Waals surface area (Å²) in [6.45, 7) is 0.836. The summed E-state index contributed by atoms with van der Waals surface area (Å²) >= 11 is 6.06. The molecule has 0 atom stereocenters. The number of nitrogens with zero attached hydrogens (tertiary/aromatic N) is 2. The maximum Gasteiger partial charge on any atom is 0.287 e. The maximum atomic E-state index is 11.9. The Morgan fingerprint density at radius 2 is 2.28 bits per heavy atom. The lowest BCUT2D eigenvalue weighted by Gasteiger charge is -2.15. The van der Waals surface area contributed by atoms with Crippen LogP contribution in [0.3, 0.4) is 0 Å². The fraction of sp³-hybridized carbons (Fsp3) is 0.500. The highest BCUT2D eigenvalue weighted by Crippen LogP contribution is 2.20. The van der Waals surface area contributed by atoms with E-state index in [0.29, 0.717) is 24.9 Å². The van der Waals surface area contributed by atoms with Crippen molar-refractivity contribution in [3.63, 3.8) is 0 Å². The minimum atomic E-state index is -0.287. The normalized spacial score (nSPS) is 15.2. The quantitative estimate of drug-likeness (QED) is 0.827. The van der Waals surface area contributed by atoms with Crippen LogP contribution < -0.4 is 10.9 Å². The molecule has 0 bridgehead atoms. The molecule has 0 spiro atoms. The van der Waals surface area contributed by atoms with E-state index in [2.05, 4.69) is 22.6 Å². The zero-order valence-electron chi connectivity index (χ0n) is 10.2. The number of methoxy groups -OCH3 is 1. The molecule has 5 nitrogen and oxygen atoms in total. The van der Waals surface area contributed by atoms with Crippen molar-refractivity contribution in [2.45, 2.75) is 25.4 Å². The number of anilines is 1. The molecule has 0 aromatic carbocycles. The molecular weight excluding hydrogens is 254 g/mol. The summed E-state index contributed by atoms with van der Waals surface area (Å²) in [5, 5.41) is 7.50. The second-order valence-electron chi connectivity index (χ2n) is 4.18. The second kappa shape index (κ2) is 6.02. The Morgan fingerprint density at radius 3 is 2.94 bits per heavy atom. The standard InChI is InChI=1S/C12H16ClN3O2/c1-18-7-6-16-12(17)11(13)10(8-14-16)15-9-4-2-3-5-9/h2-3,8-9,15H,4-7H2,1H3. The molecule has 0 amide bonds. The summed E-state index contributed by atoms with van der Waals surface area (Å²) < 4.78 is 6.22. The Hall–Kier alpha value is -1.33. The van der Waals surface area contributed by atoms with Crippen molar-refractivity contribution < 1.29 is 4.74 Å². The van der Waals surface area contributed by atoms with Crippen LogP contribution in [0.4, 0.5) is 5.69 Å². The molecule has 1 heterocycles. The van der Waals surface area contributed by atoms with Crippen LogP contribution in [0.1, 0.15) is 12.8 Å². The number of rotatable bonds is 5. The highest BCUT2D eigenvalue weighted by Gasteiger charge is 2.14. The Bertz CT molecular complexity index is 491. The zero-order valence-corrected chi connectivity index (χ0v) is 11.0. The highest BCUT2D eigenvalue weighted by molar-refractivity contribution is 6.32. The van der Waals surface area contributed by atoms with Gasteiger partial charge in [-0.2, -0.15) is 5.10 Å². The van der Waals surface area contributed by atoms with Crippen molar-refractivity contribution in [3.05, 3.63) is 33.7 Å². The molecule has 0 saturated heterocycles. The van der Waals surface area contributed by atoms with Crippen molar-refractivity contribution in [2.75, 3.05) is 19.0 Å². The number of hydrogen-bond acceptors (Lipinski definition) is 4. The molecule has 98 valence electrons. The Labute approximate surface area is 110 Å². The molecule has 18 heavy (non-hydrogen) atoms. The van der Waals surface area contributed by atoms with E-state index in [1.807, 2.05) is 0 Å². The SMILES string of the molecule is COCCn1ncc(NC2CC=CC2)c(Cl)c1=O. The molecule has 0 unspecified atom stereocenters. The van der Waals surface area contributed by atoms with Gasteiger partial charge in [0.1, 0.15) is 5.02 Å². The monoisotopic (exact) mass is 269 g/mol. The number of ether oxygens (including phenoxy) is 1. The van der Waals surface area contributed by atoms with Crippen LogP contribution in [0, 0.1) is 0 Å². The van der Waals surface area contributed by atoms with Gasteiger partial charge in [0, 0.05) is 13.2 Å². The molecule has 0 saturated carbocycles. The molecule has 2 rings (SSSR count). The molecule has 1 aromatic heterocycles. The van der Waals surface area contributed by atoms with Gasteiger partial charge in [0.15, 0.2) is 0 Å². The molecule has 1 aliphatic rings. The predicted molar refractivity (Wildman–Crippen MR) is 71.2 cm³/mol. The maximum absolute atomic E-state index is 11.9. The first-order chi connectivity index (χ1) is 8.72. The van der Waals surface area contributed by atoms with Gasteiger partial charge in [-0.1, -0.05) is 23.8 Å². The Morgan fingerprint density at radius 1 is 1.56 bits per heavy atom. The first-order valence-corrected chi connectivity index (χ1v) is 6.26. The van der Waals surface area contributed by atoms with Gasteiger partial charge in [0.2, 0.25) is 0 Å². The summed E-state index contributed by atoms with van der Waals surface area (Å²) in [5.74, 6) is 0. The summed E-state index contributed by atoms with van der Waals surface area (Å²) in [4.78, 5) is 11.9. The number of halogens is 1. The van der Waals surface area contributed by atoms with Crippen molar-refractivity contribution in [1.82, 2.24) is 9.78 Å². The van der Waals surface area contributed by atoms with E-state index in [1.165, 1.54) is 4.68 Å². The van der Waals surface area contributed by atoms with E-state index in [0.717, 1.165) is 12.8 Å². The van der Waals surface area contributed by atoms with E-state index in [4.69, 9.17) is 16.3 Å². The second-order valence-corrected chi connectivity index (χ2v) is 4.56. The molecule has 0 aliphatic heterocycles. The third-order valence-corrected chi connectivity index (χ3v) is 3.22. The lowest BCUT2D eigenvalue weighted by atomic mass is 10.2. The van der Waals surface area contributed by atoms with E-state index in [1.54, 1.807) is 13.3 Å². The van der Waals surface area contributed by atoms with Crippen molar-refractivity contribution in [2.24, 2.45) is 0 Å². The van der Waals surface area contributed by atoms with E-state index >= 15 is 0 Å². The largest absolute Gasteiger partial charge is 0.383 e. The zero-order chi connectivity index (χ0) is 13.0. The lowest BCUT2D eigenvalue weighted by Crippen LogP contribution is -2.27. The van der Waals surface area contributed by atoms with Crippen molar-refractivity contribution in [1.29, 1.82) is 0 Å². The number of nitrogens with one attached hydrogen (secondary N) is 1.